The van der Waals surface area contributed by atoms with E-state index in [1.165, 1.54) is 44.6 Å². The highest BCUT2D eigenvalue weighted by molar-refractivity contribution is 5.52. The molecule has 2 heteroatoms. The number of hydrogen-bond donors (Lipinski definition) is 1. The summed E-state index contributed by atoms with van der Waals surface area (Å²) in [5.74, 6) is 0.778. The van der Waals surface area contributed by atoms with E-state index in [9.17, 15) is 4.39 Å². The number of anilines is 1. The Labute approximate surface area is 110 Å². The van der Waals surface area contributed by atoms with Crippen LogP contribution in [0.15, 0.2) is 18.2 Å². The molecule has 1 saturated carbocycles. The summed E-state index contributed by atoms with van der Waals surface area (Å²) >= 11 is 0. The van der Waals surface area contributed by atoms with Crippen LogP contribution in [0.25, 0.3) is 0 Å². The molecule has 0 saturated heterocycles. The Bertz CT molecular complexity index is 360. The van der Waals surface area contributed by atoms with Crippen molar-refractivity contribution in [3.8, 4) is 0 Å². The fraction of sp³-hybridized carbons (Fsp3) is 0.625. The van der Waals surface area contributed by atoms with Crippen LogP contribution in [0.4, 0.5) is 10.1 Å². The van der Waals surface area contributed by atoms with E-state index in [4.69, 9.17) is 0 Å². The van der Waals surface area contributed by atoms with Gasteiger partial charge in [0, 0.05) is 6.04 Å². The third-order valence-electron chi connectivity index (χ3n) is 4.11. The number of aryl methyl sites for hydroxylation is 1. The monoisotopic (exact) mass is 249 g/mol. The molecule has 0 aromatic heterocycles. The molecule has 2 rings (SSSR count). The number of benzene rings is 1. The average Bonchev–Trinajstić information content (AvgIpc) is 2.36. The number of rotatable bonds is 4. The second-order valence-electron chi connectivity index (χ2n) is 5.58. The van der Waals surface area contributed by atoms with Gasteiger partial charge in [-0.05, 0) is 50.2 Å². The normalized spacial score (nSPS) is 23.9. The fourth-order valence-corrected chi connectivity index (χ4v) is 3.02. The van der Waals surface area contributed by atoms with E-state index in [1.54, 1.807) is 6.07 Å². The Morgan fingerprint density at radius 1 is 1.22 bits per heavy atom. The maximum atomic E-state index is 13.7. The van der Waals surface area contributed by atoms with E-state index in [-0.39, 0.29) is 5.82 Å². The van der Waals surface area contributed by atoms with Crippen LogP contribution in [0.5, 0.6) is 0 Å². The molecule has 1 aliphatic rings. The summed E-state index contributed by atoms with van der Waals surface area (Å²) < 4.78 is 13.7. The van der Waals surface area contributed by atoms with Gasteiger partial charge in [-0.2, -0.15) is 0 Å². The largest absolute Gasteiger partial charge is 0.380 e. The average molecular weight is 249 g/mol. The molecule has 0 aliphatic heterocycles. The van der Waals surface area contributed by atoms with Crippen LogP contribution in [0.2, 0.25) is 0 Å². The molecule has 0 amide bonds. The Morgan fingerprint density at radius 2 is 1.94 bits per heavy atom. The molecular weight excluding hydrogens is 225 g/mol. The Kier molecular flexibility index (Phi) is 4.62. The van der Waals surface area contributed by atoms with Crippen molar-refractivity contribution in [1.29, 1.82) is 0 Å². The van der Waals surface area contributed by atoms with Crippen molar-refractivity contribution in [2.45, 2.75) is 58.4 Å². The number of halogens is 1. The van der Waals surface area contributed by atoms with Gasteiger partial charge < -0.3 is 5.32 Å². The second kappa shape index (κ2) is 6.21. The van der Waals surface area contributed by atoms with Crippen LogP contribution in [-0.4, -0.2) is 6.04 Å². The second-order valence-corrected chi connectivity index (χ2v) is 5.58. The van der Waals surface area contributed by atoms with Crippen molar-refractivity contribution >= 4 is 5.69 Å². The molecule has 1 nitrogen and oxygen atoms in total. The first kappa shape index (κ1) is 13.4. The van der Waals surface area contributed by atoms with E-state index < -0.39 is 0 Å². The van der Waals surface area contributed by atoms with Crippen molar-refractivity contribution < 1.29 is 4.39 Å². The van der Waals surface area contributed by atoms with E-state index in [1.807, 2.05) is 13.0 Å². The first-order chi connectivity index (χ1) is 8.70. The molecule has 0 atom stereocenters. The summed E-state index contributed by atoms with van der Waals surface area (Å²) in [4.78, 5) is 0. The number of para-hydroxylation sites is 1. The van der Waals surface area contributed by atoms with E-state index >= 15 is 0 Å². The third-order valence-corrected chi connectivity index (χ3v) is 4.11. The zero-order valence-corrected chi connectivity index (χ0v) is 11.5. The molecule has 1 aliphatic carbocycles. The van der Waals surface area contributed by atoms with Crippen LogP contribution in [0.3, 0.4) is 0 Å². The predicted octanol–water partition coefficient (Wildman–Crippen LogP) is 4.90. The van der Waals surface area contributed by atoms with Gasteiger partial charge in [-0.3, -0.25) is 0 Å². The van der Waals surface area contributed by atoms with Crippen molar-refractivity contribution in [2.24, 2.45) is 5.92 Å². The highest BCUT2D eigenvalue weighted by atomic mass is 19.1. The highest BCUT2D eigenvalue weighted by Gasteiger charge is 2.21. The van der Waals surface area contributed by atoms with Gasteiger partial charge >= 0.3 is 0 Å². The quantitative estimate of drug-likeness (QED) is 0.800. The lowest BCUT2D eigenvalue weighted by molar-refractivity contribution is 0.318. The van der Waals surface area contributed by atoms with Gasteiger partial charge in [-0.15, -0.1) is 0 Å². The molecule has 1 aromatic carbocycles. The molecule has 0 radical (unpaired) electrons. The molecule has 1 N–H and O–H groups in total. The summed E-state index contributed by atoms with van der Waals surface area (Å²) in [6, 6.07) is 5.73. The van der Waals surface area contributed by atoms with Gasteiger partial charge in [0.15, 0.2) is 0 Å². The summed E-state index contributed by atoms with van der Waals surface area (Å²) in [5.41, 5.74) is 1.71. The van der Waals surface area contributed by atoms with Gasteiger partial charge in [0.05, 0.1) is 5.69 Å². The van der Waals surface area contributed by atoms with Gasteiger partial charge in [-0.25, -0.2) is 4.39 Å². The van der Waals surface area contributed by atoms with Gasteiger partial charge in [0.1, 0.15) is 5.82 Å². The maximum Gasteiger partial charge on any atom is 0.146 e. The zero-order valence-electron chi connectivity index (χ0n) is 11.5. The van der Waals surface area contributed by atoms with Crippen LogP contribution < -0.4 is 5.32 Å². The SMILES string of the molecule is CCCC1CCC(Nc2c(C)cccc2F)CC1. The van der Waals surface area contributed by atoms with E-state index in [0.29, 0.717) is 11.7 Å². The summed E-state index contributed by atoms with van der Waals surface area (Å²) in [6.07, 6.45) is 7.58. The third kappa shape index (κ3) is 3.24. The Morgan fingerprint density at radius 3 is 2.56 bits per heavy atom. The minimum Gasteiger partial charge on any atom is -0.380 e. The molecular formula is C16H24FN. The molecule has 100 valence electrons. The van der Waals surface area contributed by atoms with Crippen LogP contribution in [-0.2, 0) is 0 Å². The first-order valence-electron chi connectivity index (χ1n) is 7.22. The van der Waals surface area contributed by atoms with Crippen molar-refractivity contribution in [1.82, 2.24) is 0 Å². The molecule has 0 heterocycles. The topological polar surface area (TPSA) is 12.0 Å². The van der Waals surface area contributed by atoms with E-state index in [0.717, 1.165) is 11.5 Å². The highest BCUT2D eigenvalue weighted by Crippen LogP contribution is 2.30. The summed E-state index contributed by atoms with van der Waals surface area (Å²) in [7, 11) is 0. The zero-order chi connectivity index (χ0) is 13.0. The molecule has 18 heavy (non-hydrogen) atoms. The summed E-state index contributed by atoms with van der Waals surface area (Å²) in [5, 5.41) is 3.41. The van der Waals surface area contributed by atoms with Crippen LogP contribution in [0, 0.1) is 18.7 Å². The van der Waals surface area contributed by atoms with Gasteiger partial charge in [0.2, 0.25) is 0 Å². The summed E-state index contributed by atoms with van der Waals surface area (Å²) in [6.45, 7) is 4.22. The number of hydrogen-bond acceptors (Lipinski definition) is 1. The maximum absolute atomic E-state index is 13.7. The van der Waals surface area contributed by atoms with Gasteiger partial charge in [0.25, 0.3) is 0 Å². The fourth-order valence-electron chi connectivity index (χ4n) is 3.02. The van der Waals surface area contributed by atoms with Crippen LogP contribution in [0.1, 0.15) is 51.0 Å². The molecule has 1 aromatic rings. The molecule has 1 fully saturated rings. The molecule has 0 unspecified atom stereocenters. The van der Waals surface area contributed by atoms with Gasteiger partial charge in [-0.1, -0.05) is 31.9 Å². The standard InChI is InChI=1S/C16H24FN/c1-3-5-13-8-10-14(11-9-13)18-16-12(2)6-4-7-15(16)17/h4,6-7,13-14,18H,3,5,8-11H2,1-2H3. The van der Waals surface area contributed by atoms with Crippen molar-refractivity contribution in [3.05, 3.63) is 29.6 Å². The number of nitrogens with one attached hydrogen (secondary N) is 1. The predicted molar refractivity (Wildman–Crippen MR) is 75.4 cm³/mol. The lowest BCUT2D eigenvalue weighted by atomic mass is 9.83. The van der Waals surface area contributed by atoms with Crippen molar-refractivity contribution in [2.75, 3.05) is 5.32 Å². The minimum atomic E-state index is -0.120. The lowest BCUT2D eigenvalue weighted by Crippen LogP contribution is -2.26. The Hall–Kier alpha value is -1.05. The lowest BCUT2D eigenvalue weighted by Gasteiger charge is -2.30. The van der Waals surface area contributed by atoms with Crippen LogP contribution >= 0.6 is 0 Å². The minimum absolute atomic E-state index is 0.120. The Balaban J connectivity index is 1.92. The first-order valence-corrected chi connectivity index (χ1v) is 7.22. The van der Waals surface area contributed by atoms with Crippen molar-refractivity contribution in [3.63, 3.8) is 0 Å². The smallest absolute Gasteiger partial charge is 0.146 e. The van der Waals surface area contributed by atoms with E-state index in [2.05, 4.69) is 12.2 Å². The molecule has 0 spiro atoms. The molecule has 0 bridgehead atoms.